The Labute approximate surface area is 116 Å². The van der Waals surface area contributed by atoms with Crippen LogP contribution in [0.25, 0.3) is 0 Å². The lowest BCUT2D eigenvalue weighted by Crippen LogP contribution is -2.02. The minimum atomic E-state index is -0.958. The summed E-state index contributed by atoms with van der Waals surface area (Å²) < 4.78 is 5.26. The molecule has 0 radical (unpaired) electrons. The Morgan fingerprint density at radius 3 is 2.90 bits per heavy atom. The van der Waals surface area contributed by atoms with E-state index in [0.29, 0.717) is 29.6 Å². The zero-order chi connectivity index (χ0) is 14.5. The number of aromatic nitrogens is 2. The summed E-state index contributed by atoms with van der Waals surface area (Å²) in [6.45, 7) is 4.12. The number of carboxylic acid groups (broad SMARTS) is 1. The van der Waals surface area contributed by atoms with Crippen LogP contribution in [0.4, 0.5) is 11.5 Å². The number of aromatic carboxylic acids is 1. The molecule has 0 saturated carbocycles. The molecule has 2 rings (SSSR count). The molecule has 0 fully saturated rings. The van der Waals surface area contributed by atoms with Crippen molar-refractivity contribution < 1.29 is 14.6 Å². The quantitative estimate of drug-likeness (QED) is 0.871. The molecule has 2 aromatic rings. The molecule has 0 amide bonds. The summed E-state index contributed by atoms with van der Waals surface area (Å²) >= 11 is 0. The highest BCUT2D eigenvalue weighted by atomic mass is 16.5. The maximum atomic E-state index is 11.1. The van der Waals surface area contributed by atoms with Gasteiger partial charge in [0.25, 0.3) is 0 Å². The average molecular weight is 273 g/mol. The summed E-state index contributed by atoms with van der Waals surface area (Å²) in [5, 5.41) is 12.1. The van der Waals surface area contributed by atoms with E-state index in [0.717, 1.165) is 0 Å². The van der Waals surface area contributed by atoms with E-state index in [4.69, 9.17) is 9.84 Å². The standard InChI is InChI=1S/C14H15N3O3/c1-3-20-13-8-15-7-12(17-13)16-10-5-4-9(2)11(6-10)14(18)19/h4-8H,3H2,1-2H3,(H,16,17)(H,18,19). The van der Waals surface area contributed by atoms with E-state index >= 15 is 0 Å². The highest BCUT2D eigenvalue weighted by Crippen LogP contribution is 2.19. The molecule has 6 heteroatoms. The molecule has 0 spiro atoms. The van der Waals surface area contributed by atoms with Gasteiger partial charge in [0, 0.05) is 5.69 Å². The fourth-order valence-corrected chi connectivity index (χ4v) is 1.70. The summed E-state index contributed by atoms with van der Waals surface area (Å²) in [5.74, 6) is -0.0421. The van der Waals surface area contributed by atoms with Crippen LogP contribution in [0, 0.1) is 6.92 Å². The zero-order valence-corrected chi connectivity index (χ0v) is 11.3. The summed E-state index contributed by atoms with van der Waals surface area (Å²) in [6, 6.07) is 5.09. The lowest BCUT2D eigenvalue weighted by atomic mass is 10.1. The normalized spacial score (nSPS) is 10.1. The number of nitrogens with zero attached hydrogens (tertiary/aromatic N) is 2. The molecule has 0 saturated heterocycles. The van der Waals surface area contributed by atoms with Crippen molar-refractivity contribution >= 4 is 17.5 Å². The van der Waals surface area contributed by atoms with Gasteiger partial charge in [-0.3, -0.25) is 4.98 Å². The molecular formula is C14H15N3O3. The van der Waals surface area contributed by atoms with Crippen molar-refractivity contribution in [2.24, 2.45) is 0 Å². The van der Waals surface area contributed by atoms with E-state index in [1.807, 2.05) is 6.92 Å². The smallest absolute Gasteiger partial charge is 0.336 e. The number of benzene rings is 1. The number of hydrogen-bond acceptors (Lipinski definition) is 5. The van der Waals surface area contributed by atoms with Gasteiger partial charge in [-0.05, 0) is 31.5 Å². The zero-order valence-electron chi connectivity index (χ0n) is 11.3. The van der Waals surface area contributed by atoms with E-state index < -0.39 is 5.97 Å². The molecule has 1 heterocycles. The molecule has 104 valence electrons. The van der Waals surface area contributed by atoms with Gasteiger partial charge in [-0.2, -0.15) is 4.98 Å². The van der Waals surface area contributed by atoms with Crippen molar-refractivity contribution in [2.45, 2.75) is 13.8 Å². The Balaban J connectivity index is 2.23. The Morgan fingerprint density at radius 1 is 1.40 bits per heavy atom. The molecule has 20 heavy (non-hydrogen) atoms. The monoisotopic (exact) mass is 273 g/mol. The van der Waals surface area contributed by atoms with Crippen LogP contribution in [0.1, 0.15) is 22.8 Å². The van der Waals surface area contributed by atoms with Crippen molar-refractivity contribution in [3.05, 3.63) is 41.7 Å². The lowest BCUT2D eigenvalue weighted by Gasteiger charge is -2.09. The third kappa shape index (κ3) is 3.23. The van der Waals surface area contributed by atoms with Crippen LogP contribution in [0.15, 0.2) is 30.6 Å². The average Bonchev–Trinajstić information content (AvgIpc) is 2.41. The van der Waals surface area contributed by atoms with Crippen LogP contribution < -0.4 is 10.1 Å². The summed E-state index contributed by atoms with van der Waals surface area (Å²) in [5.41, 5.74) is 1.59. The minimum Gasteiger partial charge on any atom is -0.478 e. The lowest BCUT2D eigenvalue weighted by molar-refractivity contribution is 0.0696. The molecule has 0 bridgehead atoms. The highest BCUT2D eigenvalue weighted by Gasteiger charge is 2.08. The largest absolute Gasteiger partial charge is 0.478 e. The SMILES string of the molecule is CCOc1cncc(Nc2ccc(C)c(C(=O)O)c2)n1. The van der Waals surface area contributed by atoms with Gasteiger partial charge in [-0.1, -0.05) is 6.07 Å². The second kappa shape index (κ2) is 6.01. The molecule has 1 aromatic carbocycles. The van der Waals surface area contributed by atoms with Crippen LogP contribution in [-0.4, -0.2) is 27.7 Å². The third-order valence-corrected chi connectivity index (χ3v) is 2.65. The summed E-state index contributed by atoms with van der Waals surface area (Å²) in [6.07, 6.45) is 3.06. The number of carboxylic acids is 1. The Morgan fingerprint density at radius 2 is 2.20 bits per heavy atom. The van der Waals surface area contributed by atoms with E-state index in [-0.39, 0.29) is 5.56 Å². The van der Waals surface area contributed by atoms with Gasteiger partial charge in [-0.15, -0.1) is 0 Å². The molecule has 0 unspecified atom stereocenters. The van der Waals surface area contributed by atoms with Gasteiger partial charge in [0.15, 0.2) is 5.82 Å². The number of aryl methyl sites for hydroxylation is 1. The van der Waals surface area contributed by atoms with Gasteiger partial charge in [0.1, 0.15) is 0 Å². The molecule has 0 aliphatic rings. The first kappa shape index (κ1) is 13.8. The molecule has 1 aromatic heterocycles. The fraction of sp³-hybridized carbons (Fsp3) is 0.214. The third-order valence-electron chi connectivity index (χ3n) is 2.65. The van der Waals surface area contributed by atoms with Crippen molar-refractivity contribution in [2.75, 3.05) is 11.9 Å². The highest BCUT2D eigenvalue weighted by molar-refractivity contribution is 5.90. The molecule has 0 aliphatic heterocycles. The van der Waals surface area contributed by atoms with Crippen LogP contribution in [0.3, 0.4) is 0 Å². The molecule has 0 atom stereocenters. The second-order valence-corrected chi connectivity index (χ2v) is 4.14. The van der Waals surface area contributed by atoms with Gasteiger partial charge in [0.05, 0.1) is 24.6 Å². The van der Waals surface area contributed by atoms with Crippen LogP contribution in [0.2, 0.25) is 0 Å². The van der Waals surface area contributed by atoms with Crippen molar-refractivity contribution in [1.29, 1.82) is 0 Å². The number of anilines is 2. The maximum absolute atomic E-state index is 11.1. The first-order valence-corrected chi connectivity index (χ1v) is 6.16. The van der Waals surface area contributed by atoms with E-state index in [1.165, 1.54) is 6.20 Å². The Bertz CT molecular complexity index is 629. The van der Waals surface area contributed by atoms with Crippen LogP contribution in [-0.2, 0) is 0 Å². The van der Waals surface area contributed by atoms with Crippen molar-refractivity contribution in [1.82, 2.24) is 9.97 Å². The maximum Gasteiger partial charge on any atom is 0.336 e. The first-order chi connectivity index (χ1) is 9.60. The van der Waals surface area contributed by atoms with E-state index in [9.17, 15) is 4.79 Å². The van der Waals surface area contributed by atoms with E-state index in [2.05, 4.69) is 15.3 Å². The molecular weight excluding hydrogens is 258 g/mol. The number of nitrogens with one attached hydrogen (secondary N) is 1. The van der Waals surface area contributed by atoms with E-state index in [1.54, 1.807) is 31.3 Å². The number of carbonyl (C=O) groups is 1. The fourth-order valence-electron chi connectivity index (χ4n) is 1.70. The Hall–Kier alpha value is -2.63. The molecule has 6 nitrogen and oxygen atoms in total. The molecule has 2 N–H and O–H groups in total. The van der Waals surface area contributed by atoms with Crippen LogP contribution >= 0.6 is 0 Å². The first-order valence-electron chi connectivity index (χ1n) is 6.16. The summed E-state index contributed by atoms with van der Waals surface area (Å²) in [4.78, 5) is 19.3. The predicted molar refractivity (Wildman–Crippen MR) is 74.6 cm³/mol. The van der Waals surface area contributed by atoms with Gasteiger partial charge in [0.2, 0.25) is 5.88 Å². The molecule has 0 aliphatic carbocycles. The van der Waals surface area contributed by atoms with Crippen molar-refractivity contribution in [3.63, 3.8) is 0 Å². The number of hydrogen-bond donors (Lipinski definition) is 2. The van der Waals surface area contributed by atoms with Crippen molar-refractivity contribution in [3.8, 4) is 5.88 Å². The number of ether oxygens (including phenoxy) is 1. The summed E-state index contributed by atoms with van der Waals surface area (Å²) in [7, 11) is 0. The number of rotatable bonds is 5. The predicted octanol–water partition coefficient (Wildman–Crippen LogP) is 2.63. The Kier molecular flexibility index (Phi) is 4.14. The second-order valence-electron chi connectivity index (χ2n) is 4.14. The van der Waals surface area contributed by atoms with Gasteiger partial charge >= 0.3 is 5.97 Å². The van der Waals surface area contributed by atoms with Gasteiger partial charge < -0.3 is 15.2 Å². The van der Waals surface area contributed by atoms with Crippen LogP contribution in [0.5, 0.6) is 5.88 Å². The van der Waals surface area contributed by atoms with Gasteiger partial charge in [-0.25, -0.2) is 4.79 Å². The topological polar surface area (TPSA) is 84.3 Å². The minimum absolute atomic E-state index is 0.254.